The first-order chi connectivity index (χ1) is 6.88. The van der Waals surface area contributed by atoms with Crippen molar-refractivity contribution in [3.05, 3.63) is 0 Å². The highest BCUT2D eigenvalue weighted by Gasteiger charge is 2.23. The van der Waals surface area contributed by atoms with Crippen molar-refractivity contribution < 1.29 is 19.5 Å². The van der Waals surface area contributed by atoms with Crippen LogP contribution in [0.15, 0.2) is 0 Å². The van der Waals surface area contributed by atoms with Gasteiger partial charge in [0.1, 0.15) is 6.04 Å². The molecule has 0 aromatic carbocycles. The molecule has 2 amide bonds. The molecule has 0 saturated carbocycles. The van der Waals surface area contributed by atoms with E-state index in [-0.39, 0.29) is 0 Å². The summed E-state index contributed by atoms with van der Waals surface area (Å²) in [5.74, 6) is -2.56. The van der Waals surface area contributed by atoms with Crippen LogP contribution >= 0.6 is 0 Å². The van der Waals surface area contributed by atoms with Crippen LogP contribution in [0.5, 0.6) is 0 Å². The van der Waals surface area contributed by atoms with Gasteiger partial charge in [0, 0.05) is 0 Å². The van der Waals surface area contributed by atoms with E-state index in [1.165, 1.54) is 0 Å². The number of likely N-dealkylation sites (N-methyl/N-ethyl adjacent to an activating group) is 1. The molecule has 0 fully saturated rings. The number of primary amides is 1. The Labute approximate surface area is 87.0 Å². The highest BCUT2D eigenvalue weighted by atomic mass is 16.4. The van der Waals surface area contributed by atoms with Crippen LogP contribution in [0.2, 0.25) is 0 Å². The van der Waals surface area contributed by atoms with Crippen LogP contribution in [0.25, 0.3) is 0 Å². The zero-order valence-corrected chi connectivity index (χ0v) is 8.61. The van der Waals surface area contributed by atoms with Gasteiger partial charge in [0.15, 0.2) is 0 Å². The number of amides is 2. The molecule has 0 aliphatic heterocycles. The van der Waals surface area contributed by atoms with Gasteiger partial charge in [0.25, 0.3) is 0 Å². The zero-order chi connectivity index (χ0) is 12.0. The normalized spacial score (nSPS) is 14.0. The molecule has 7 nitrogen and oxygen atoms in total. The van der Waals surface area contributed by atoms with Crippen molar-refractivity contribution >= 4 is 17.8 Å². The minimum Gasteiger partial charge on any atom is -0.480 e. The fraction of sp³-hybridized carbons (Fsp3) is 0.625. The van der Waals surface area contributed by atoms with Gasteiger partial charge in [-0.1, -0.05) is 0 Å². The molecule has 86 valence electrons. The molecule has 0 aromatic rings. The van der Waals surface area contributed by atoms with Gasteiger partial charge in [-0.2, -0.15) is 0 Å². The quantitative estimate of drug-likeness (QED) is 0.411. The molecular weight excluding hydrogens is 202 g/mol. The smallest absolute Gasteiger partial charge is 0.326 e. The number of rotatable bonds is 6. The Morgan fingerprint density at radius 1 is 1.40 bits per heavy atom. The Morgan fingerprint density at radius 3 is 2.27 bits per heavy atom. The molecule has 0 saturated heterocycles. The summed E-state index contributed by atoms with van der Waals surface area (Å²) < 4.78 is 0. The summed E-state index contributed by atoms with van der Waals surface area (Å²) in [5, 5.41) is 13.5. The summed E-state index contributed by atoms with van der Waals surface area (Å²) in [6, 6.07) is -1.80. The Balaban J connectivity index is 4.35. The van der Waals surface area contributed by atoms with Gasteiger partial charge in [-0.25, -0.2) is 4.79 Å². The topological polar surface area (TPSA) is 122 Å². The SMILES string of the molecule is CN[C@@H](C)C(=O)N[C@@H](CC(N)=O)C(=O)O. The molecule has 0 bridgehead atoms. The minimum absolute atomic E-state index is 0.419. The molecule has 0 aliphatic carbocycles. The Bertz CT molecular complexity index is 267. The third-order valence-corrected chi connectivity index (χ3v) is 1.85. The Kier molecular flexibility index (Phi) is 5.32. The summed E-state index contributed by atoms with van der Waals surface area (Å²) in [7, 11) is 1.56. The van der Waals surface area contributed by atoms with Crippen LogP contribution in [0, 0.1) is 0 Å². The lowest BCUT2D eigenvalue weighted by atomic mass is 10.2. The molecule has 0 heterocycles. The summed E-state index contributed by atoms with van der Waals surface area (Å²) in [4.78, 5) is 32.4. The molecule has 0 spiro atoms. The second-order valence-electron chi connectivity index (χ2n) is 3.08. The maximum absolute atomic E-state index is 11.3. The summed E-state index contributed by atoms with van der Waals surface area (Å²) >= 11 is 0. The predicted molar refractivity (Wildman–Crippen MR) is 51.9 cm³/mol. The largest absolute Gasteiger partial charge is 0.480 e. The fourth-order valence-corrected chi connectivity index (χ4v) is 0.829. The average Bonchev–Trinajstić information content (AvgIpc) is 2.14. The molecular formula is C8H15N3O4. The van der Waals surface area contributed by atoms with Crippen molar-refractivity contribution in [3.8, 4) is 0 Å². The number of hydrogen-bond donors (Lipinski definition) is 4. The Morgan fingerprint density at radius 2 is 1.93 bits per heavy atom. The first-order valence-corrected chi connectivity index (χ1v) is 4.37. The van der Waals surface area contributed by atoms with E-state index in [0.717, 1.165) is 0 Å². The number of hydrogen-bond acceptors (Lipinski definition) is 4. The lowest BCUT2D eigenvalue weighted by molar-refractivity contribution is -0.143. The number of carbonyl (C=O) groups excluding carboxylic acids is 2. The van der Waals surface area contributed by atoms with Gasteiger partial charge in [-0.3, -0.25) is 9.59 Å². The maximum atomic E-state index is 11.3. The third kappa shape index (κ3) is 4.96. The van der Waals surface area contributed by atoms with Gasteiger partial charge in [0.2, 0.25) is 11.8 Å². The van der Waals surface area contributed by atoms with Gasteiger partial charge in [-0.05, 0) is 14.0 Å². The van der Waals surface area contributed by atoms with Crippen LogP contribution in [-0.4, -0.2) is 42.0 Å². The molecule has 2 atom stereocenters. The lowest BCUT2D eigenvalue weighted by Crippen LogP contribution is -2.49. The van der Waals surface area contributed by atoms with E-state index in [2.05, 4.69) is 10.6 Å². The van der Waals surface area contributed by atoms with Gasteiger partial charge in [0.05, 0.1) is 12.5 Å². The highest BCUT2D eigenvalue weighted by Crippen LogP contribution is 1.93. The van der Waals surface area contributed by atoms with Crippen LogP contribution in [0.3, 0.4) is 0 Å². The van der Waals surface area contributed by atoms with Crippen molar-refractivity contribution in [1.29, 1.82) is 0 Å². The van der Waals surface area contributed by atoms with E-state index in [1.54, 1.807) is 14.0 Å². The number of carbonyl (C=O) groups is 3. The lowest BCUT2D eigenvalue weighted by Gasteiger charge is -2.16. The third-order valence-electron chi connectivity index (χ3n) is 1.85. The van der Waals surface area contributed by atoms with Gasteiger partial charge in [-0.15, -0.1) is 0 Å². The highest BCUT2D eigenvalue weighted by molar-refractivity contribution is 5.89. The summed E-state index contributed by atoms with van der Waals surface area (Å²) in [6.45, 7) is 1.57. The van der Waals surface area contributed by atoms with Crippen molar-refractivity contribution in [1.82, 2.24) is 10.6 Å². The fourth-order valence-electron chi connectivity index (χ4n) is 0.829. The van der Waals surface area contributed by atoms with Crippen molar-refractivity contribution in [3.63, 3.8) is 0 Å². The molecule has 5 N–H and O–H groups in total. The van der Waals surface area contributed by atoms with E-state index < -0.39 is 36.3 Å². The first kappa shape index (κ1) is 13.4. The monoisotopic (exact) mass is 217 g/mol. The molecule has 0 aliphatic rings. The standard InChI is InChI=1S/C8H15N3O4/c1-4(10-2)7(13)11-5(8(14)15)3-6(9)12/h4-5,10H,3H2,1-2H3,(H2,9,12)(H,11,13)(H,14,15)/t4-,5-/m0/s1. The second kappa shape index (κ2) is 5.97. The van der Waals surface area contributed by atoms with Crippen LogP contribution in [-0.2, 0) is 14.4 Å². The summed E-state index contributed by atoms with van der Waals surface area (Å²) in [6.07, 6.45) is -0.419. The van der Waals surface area contributed by atoms with Crippen molar-refractivity contribution in [2.24, 2.45) is 5.73 Å². The minimum atomic E-state index is -1.29. The van der Waals surface area contributed by atoms with E-state index in [9.17, 15) is 14.4 Å². The molecule has 15 heavy (non-hydrogen) atoms. The average molecular weight is 217 g/mol. The zero-order valence-electron chi connectivity index (χ0n) is 8.61. The molecule has 0 unspecified atom stereocenters. The molecule has 0 rings (SSSR count). The first-order valence-electron chi connectivity index (χ1n) is 4.37. The van der Waals surface area contributed by atoms with Gasteiger partial charge >= 0.3 is 5.97 Å². The number of carboxylic acid groups (broad SMARTS) is 1. The molecule has 7 heteroatoms. The van der Waals surface area contributed by atoms with Crippen molar-refractivity contribution in [2.45, 2.75) is 25.4 Å². The van der Waals surface area contributed by atoms with Gasteiger partial charge < -0.3 is 21.5 Å². The summed E-state index contributed by atoms with van der Waals surface area (Å²) in [5.41, 5.74) is 4.85. The number of nitrogens with two attached hydrogens (primary N) is 1. The number of carboxylic acids is 1. The number of nitrogens with one attached hydrogen (secondary N) is 2. The molecule has 0 aromatic heterocycles. The van der Waals surface area contributed by atoms with E-state index in [0.29, 0.717) is 0 Å². The van der Waals surface area contributed by atoms with Crippen molar-refractivity contribution in [2.75, 3.05) is 7.05 Å². The van der Waals surface area contributed by atoms with E-state index >= 15 is 0 Å². The predicted octanol–water partition coefficient (Wildman–Crippen LogP) is -1.96. The number of aliphatic carboxylic acids is 1. The van der Waals surface area contributed by atoms with Crippen LogP contribution in [0.4, 0.5) is 0 Å². The van der Waals surface area contributed by atoms with Crippen LogP contribution < -0.4 is 16.4 Å². The maximum Gasteiger partial charge on any atom is 0.326 e. The van der Waals surface area contributed by atoms with Crippen LogP contribution in [0.1, 0.15) is 13.3 Å². The Hall–Kier alpha value is -1.63. The van der Waals surface area contributed by atoms with E-state index in [1.807, 2.05) is 0 Å². The van der Waals surface area contributed by atoms with E-state index in [4.69, 9.17) is 10.8 Å². The second-order valence-corrected chi connectivity index (χ2v) is 3.08. The molecule has 0 radical (unpaired) electrons.